The topological polar surface area (TPSA) is 93.1 Å². The highest BCUT2D eigenvalue weighted by molar-refractivity contribution is 5.70. The summed E-state index contributed by atoms with van der Waals surface area (Å²) in [4.78, 5) is 24.3. The van der Waals surface area contributed by atoms with Crippen LogP contribution in [0.2, 0.25) is 0 Å². The molecule has 0 heterocycles. The van der Waals surface area contributed by atoms with Gasteiger partial charge in [0.05, 0.1) is 12.7 Å². The summed E-state index contributed by atoms with van der Waals surface area (Å²) in [5.74, 6) is 0.273. The number of esters is 2. The van der Waals surface area contributed by atoms with Crippen LogP contribution in [0, 0.1) is 5.92 Å². The van der Waals surface area contributed by atoms with E-state index in [1.165, 1.54) is 109 Å². The summed E-state index contributed by atoms with van der Waals surface area (Å²) in [6.07, 6.45) is 45.4. The number of unbranched alkanes of at least 4 members (excludes halogenated alkanes) is 22. The molecule has 6 nitrogen and oxygen atoms in total. The standard InChI is InChI=1S/C46H84O6/c1-4-6-30-36-43(48)37-32-27-23-19-17-21-24-28-33-38-45(49)51-41-44(40-47)52-46(50)39-34-29-25-20-16-14-12-10-8-7-9-11-13-15-18-22-26-31-35-42(3)5-2/h6,23,27,30,32,37,42-44,47-48H,4-5,7-22,24-26,28-29,31,33-36,38-41H2,1-3H3/b27-23+,30-6+,37-32+/t42?,43?,44-/m0/s1. The highest BCUT2D eigenvalue weighted by Crippen LogP contribution is 2.17. The van der Waals surface area contributed by atoms with Crippen molar-refractivity contribution >= 4 is 11.9 Å². The lowest BCUT2D eigenvalue weighted by molar-refractivity contribution is -0.161. The smallest absolute Gasteiger partial charge is 0.306 e. The third-order valence-electron chi connectivity index (χ3n) is 10.1. The van der Waals surface area contributed by atoms with E-state index in [4.69, 9.17) is 9.47 Å². The van der Waals surface area contributed by atoms with Crippen molar-refractivity contribution in [3.63, 3.8) is 0 Å². The molecule has 0 spiro atoms. The first kappa shape index (κ1) is 50.1. The van der Waals surface area contributed by atoms with Crippen LogP contribution in [0.5, 0.6) is 0 Å². The molecule has 0 radical (unpaired) electrons. The molecule has 0 amide bonds. The van der Waals surface area contributed by atoms with E-state index in [0.29, 0.717) is 19.3 Å². The number of ether oxygens (including phenoxy) is 2. The van der Waals surface area contributed by atoms with Gasteiger partial charge in [-0.15, -0.1) is 0 Å². The first-order valence-electron chi connectivity index (χ1n) is 22.0. The lowest BCUT2D eigenvalue weighted by atomic mass is 9.99. The summed E-state index contributed by atoms with van der Waals surface area (Å²) in [6.45, 7) is 6.32. The number of carbonyl (C=O) groups excluding carboxylic acids is 2. The molecule has 0 aliphatic rings. The third-order valence-corrected chi connectivity index (χ3v) is 10.1. The molecule has 0 rings (SSSR count). The number of allylic oxidation sites excluding steroid dienone is 4. The highest BCUT2D eigenvalue weighted by Gasteiger charge is 2.16. The second kappa shape index (κ2) is 40.3. The quantitative estimate of drug-likeness (QED) is 0.0283. The van der Waals surface area contributed by atoms with Crippen molar-refractivity contribution < 1.29 is 29.3 Å². The predicted molar refractivity (Wildman–Crippen MR) is 220 cm³/mol. The Balaban J connectivity index is 3.55. The van der Waals surface area contributed by atoms with E-state index in [1.807, 2.05) is 24.3 Å². The van der Waals surface area contributed by atoms with Gasteiger partial charge in [0, 0.05) is 12.8 Å². The zero-order valence-electron chi connectivity index (χ0n) is 34.4. The maximum Gasteiger partial charge on any atom is 0.306 e. The second-order valence-corrected chi connectivity index (χ2v) is 15.2. The van der Waals surface area contributed by atoms with Gasteiger partial charge in [-0.25, -0.2) is 0 Å². The van der Waals surface area contributed by atoms with Crippen molar-refractivity contribution in [2.45, 2.75) is 226 Å². The van der Waals surface area contributed by atoms with Gasteiger partial charge in [0.15, 0.2) is 6.10 Å². The van der Waals surface area contributed by atoms with Crippen LogP contribution >= 0.6 is 0 Å². The fraction of sp³-hybridized carbons (Fsp3) is 0.826. The summed E-state index contributed by atoms with van der Waals surface area (Å²) in [5.41, 5.74) is 0. The Hall–Kier alpha value is -1.92. The van der Waals surface area contributed by atoms with Crippen LogP contribution in [0.15, 0.2) is 36.5 Å². The van der Waals surface area contributed by atoms with E-state index in [1.54, 1.807) is 0 Å². The zero-order valence-corrected chi connectivity index (χ0v) is 34.4. The molecule has 0 aromatic carbocycles. The van der Waals surface area contributed by atoms with Crippen molar-refractivity contribution in [2.24, 2.45) is 5.92 Å². The summed E-state index contributed by atoms with van der Waals surface area (Å²) >= 11 is 0. The largest absolute Gasteiger partial charge is 0.462 e. The molecule has 2 unspecified atom stereocenters. The normalized spacial score (nSPS) is 13.7. The van der Waals surface area contributed by atoms with Crippen LogP contribution in [0.25, 0.3) is 0 Å². The number of rotatable bonds is 39. The molecule has 0 fully saturated rings. The lowest BCUT2D eigenvalue weighted by Crippen LogP contribution is -2.28. The van der Waals surface area contributed by atoms with Crippen LogP contribution < -0.4 is 0 Å². The predicted octanol–water partition coefficient (Wildman–Crippen LogP) is 12.8. The SMILES string of the molecule is CC/C=C/CC(O)/C=C/C=C/CCCCCCCC(=O)OC[C@H](CO)OC(=O)CCCCCCCCCCCCCCCCCCCCC(C)CC. The number of hydrogen-bond donors (Lipinski definition) is 2. The van der Waals surface area contributed by atoms with E-state index in [9.17, 15) is 19.8 Å². The molecule has 0 aromatic heterocycles. The molecule has 0 aliphatic carbocycles. The van der Waals surface area contributed by atoms with E-state index in [-0.39, 0.29) is 25.2 Å². The number of aliphatic hydroxyl groups is 2. The van der Waals surface area contributed by atoms with Crippen LogP contribution in [0.1, 0.15) is 213 Å². The van der Waals surface area contributed by atoms with Crippen LogP contribution in [-0.4, -0.2) is 47.6 Å². The van der Waals surface area contributed by atoms with Gasteiger partial charge in [0.1, 0.15) is 6.61 Å². The van der Waals surface area contributed by atoms with Crippen molar-refractivity contribution in [2.75, 3.05) is 13.2 Å². The zero-order chi connectivity index (χ0) is 38.2. The first-order valence-corrected chi connectivity index (χ1v) is 22.0. The van der Waals surface area contributed by atoms with Crippen molar-refractivity contribution in [3.05, 3.63) is 36.5 Å². The molecular formula is C46H84O6. The van der Waals surface area contributed by atoms with Gasteiger partial charge in [-0.2, -0.15) is 0 Å². The average molecular weight is 733 g/mol. The second-order valence-electron chi connectivity index (χ2n) is 15.2. The van der Waals surface area contributed by atoms with Gasteiger partial charge in [-0.1, -0.05) is 198 Å². The minimum absolute atomic E-state index is 0.0901. The fourth-order valence-corrected chi connectivity index (χ4v) is 6.33. The highest BCUT2D eigenvalue weighted by atomic mass is 16.6. The van der Waals surface area contributed by atoms with Crippen LogP contribution in [0.3, 0.4) is 0 Å². The summed E-state index contributed by atoms with van der Waals surface area (Å²) < 4.78 is 10.6. The van der Waals surface area contributed by atoms with E-state index < -0.39 is 12.2 Å². The Morgan fingerprint density at radius 3 is 1.58 bits per heavy atom. The molecule has 0 aliphatic heterocycles. The maximum atomic E-state index is 12.2. The van der Waals surface area contributed by atoms with E-state index in [0.717, 1.165) is 70.1 Å². The first-order chi connectivity index (χ1) is 25.4. The summed E-state index contributed by atoms with van der Waals surface area (Å²) in [5, 5.41) is 19.4. The molecule has 2 N–H and O–H groups in total. The minimum Gasteiger partial charge on any atom is -0.462 e. The van der Waals surface area contributed by atoms with Gasteiger partial charge < -0.3 is 19.7 Å². The van der Waals surface area contributed by atoms with E-state index in [2.05, 4.69) is 32.9 Å². The fourth-order valence-electron chi connectivity index (χ4n) is 6.33. The van der Waals surface area contributed by atoms with Crippen LogP contribution in [-0.2, 0) is 19.1 Å². The molecule has 0 saturated carbocycles. The summed E-state index contributed by atoms with van der Waals surface area (Å²) in [6, 6.07) is 0. The van der Waals surface area contributed by atoms with Crippen molar-refractivity contribution in [1.82, 2.24) is 0 Å². The van der Waals surface area contributed by atoms with Crippen molar-refractivity contribution in [3.8, 4) is 0 Å². The molecule has 304 valence electrons. The maximum absolute atomic E-state index is 12.2. The lowest BCUT2D eigenvalue weighted by Gasteiger charge is -2.15. The number of carbonyl (C=O) groups is 2. The molecule has 52 heavy (non-hydrogen) atoms. The van der Waals surface area contributed by atoms with E-state index >= 15 is 0 Å². The van der Waals surface area contributed by atoms with Crippen molar-refractivity contribution in [1.29, 1.82) is 0 Å². The van der Waals surface area contributed by atoms with Gasteiger partial charge >= 0.3 is 11.9 Å². The monoisotopic (exact) mass is 733 g/mol. The van der Waals surface area contributed by atoms with Crippen LogP contribution in [0.4, 0.5) is 0 Å². The number of aliphatic hydroxyl groups excluding tert-OH is 2. The Kier molecular flexibility index (Phi) is 38.8. The Morgan fingerprint density at radius 2 is 1.08 bits per heavy atom. The van der Waals surface area contributed by atoms with Gasteiger partial charge in [0.2, 0.25) is 0 Å². The Morgan fingerprint density at radius 1 is 0.596 bits per heavy atom. The minimum atomic E-state index is -0.792. The molecule has 6 heteroatoms. The molecule has 0 aromatic rings. The Labute approximate surface area is 321 Å². The summed E-state index contributed by atoms with van der Waals surface area (Å²) in [7, 11) is 0. The molecular weight excluding hydrogens is 648 g/mol. The molecule has 0 bridgehead atoms. The average Bonchev–Trinajstić information content (AvgIpc) is 3.14. The molecule has 0 saturated heterocycles. The van der Waals surface area contributed by atoms with Gasteiger partial charge in [-0.05, 0) is 44.4 Å². The third kappa shape index (κ3) is 37.8. The Bertz CT molecular complexity index is 865. The van der Waals surface area contributed by atoms with Gasteiger partial charge in [0.25, 0.3) is 0 Å². The van der Waals surface area contributed by atoms with Gasteiger partial charge in [-0.3, -0.25) is 9.59 Å². The molecule has 3 atom stereocenters. The number of hydrogen-bond acceptors (Lipinski definition) is 6.